The van der Waals surface area contributed by atoms with Crippen molar-refractivity contribution in [3.05, 3.63) is 94.7 Å². The monoisotopic (exact) mass is 555 g/mol. The van der Waals surface area contributed by atoms with Crippen molar-refractivity contribution in [1.82, 2.24) is 10.3 Å². The van der Waals surface area contributed by atoms with Crippen LogP contribution in [0, 0.1) is 28.0 Å². The van der Waals surface area contributed by atoms with E-state index in [0.717, 1.165) is 11.6 Å². The van der Waals surface area contributed by atoms with Gasteiger partial charge in [0.15, 0.2) is 11.6 Å². The van der Waals surface area contributed by atoms with Crippen LogP contribution in [0.25, 0.3) is 22.0 Å². The molecule has 11 heteroatoms. The predicted molar refractivity (Wildman–Crippen MR) is 137 cm³/mol. The Hall–Kier alpha value is -3.99. The predicted octanol–water partition coefficient (Wildman–Crippen LogP) is 5.86. The number of hydrogen-bond acceptors (Lipinski definition) is 5. The van der Waals surface area contributed by atoms with Gasteiger partial charge in [0.2, 0.25) is 0 Å². The van der Waals surface area contributed by atoms with E-state index < -0.39 is 55.9 Å². The minimum Gasteiger partial charge on any atom is -0.493 e. The smallest absolute Gasteiger partial charge is 0.253 e. The number of ether oxygens (including phenoxy) is 1. The molecular formula is C28H21F4N3O3S. The number of hydrogen-bond donors (Lipinski definition) is 2. The van der Waals surface area contributed by atoms with Gasteiger partial charge in [0.1, 0.15) is 17.4 Å². The first-order valence-corrected chi connectivity index (χ1v) is 14.1. The number of carbonyl (C=O) groups is 1. The van der Waals surface area contributed by atoms with Crippen LogP contribution < -0.4 is 10.1 Å². The average molecular weight is 556 g/mol. The van der Waals surface area contributed by atoms with Crippen LogP contribution in [-0.2, 0) is 9.73 Å². The third-order valence-corrected chi connectivity index (χ3v) is 9.03. The zero-order chi connectivity index (χ0) is 27.5. The number of halogens is 4. The quantitative estimate of drug-likeness (QED) is 0.244. The summed E-state index contributed by atoms with van der Waals surface area (Å²) in [5, 5.41) is 3.24. The lowest BCUT2D eigenvalue weighted by Crippen LogP contribution is -2.37. The van der Waals surface area contributed by atoms with Crippen LogP contribution in [0.4, 0.5) is 17.6 Å². The lowest BCUT2D eigenvalue weighted by Gasteiger charge is -2.32. The normalized spacial score (nSPS) is 22.1. The van der Waals surface area contributed by atoms with Crippen molar-refractivity contribution in [3.8, 4) is 16.9 Å². The molecule has 200 valence electrons. The molecule has 1 atom stereocenters. The van der Waals surface area contributed by atoms with Gasteiger partial charge in [-0.2, -0.15) is 0 Å². The number of benzene rings is 3. The van der Waals surface area contributed by atoms with Crippen LogP contribution in [0.15, 0.2) is 54.7 Å². The Labute approximate surface area is 221 Å². The van der Waals surface area contributed by atoms with Crippen molar-refractivity contribution < 1.29 is 31.3 Å². The molecule has 1 aromatic heterocycles. The molecule has 1 saturated heterocycles. The highest BCUT2D eigenvalue weighted by Crippen LogP contribution is 2.41. The van der Waals surface area contributed by atoms with E-state index in [1.165, 1.54) is 12.3 Å². The first-order chi connectivity index (χ1) is 18.6. The number of nitrogens with one attached hydrogen (secondary N) is 2. The summed E-state index contributed by atoms with van der Waals surface area (Å²) in [6, 6.07) is 10.4. The Bertz CT molecular complexity index is 1770. The number of fused-ring (bicyclic) bond motifs is 2. The number of para-hydroxylation sites is 1. The van der Waals surface area contributed by atoms with Crippen LogP contribution in [0.1, 0.15) is 39.9 Å². The highest BCUT2D eigenvalue weighted by Gasteiger charge is 2.37. The molecule has 39 heavy (non-hydrogen) atoms. The number of rotatable bonds is 4. The minimum atomic E-state index is -2.85. The Kier molecular flexibility index (Phi) is 6.05. The highest BCUT2D eigenvalue weighted by atomic mass is 32.2. The second-order valence-corrected chi connectivity index (χ2v) is 12.0. The number of pyridine rings is 1. The Morgan fingerprint density at radius 1 is 1.05 bits per heavy atom. The molecule has 3 aromatic carbocycles. The van der Waals surface area contributed by atoms with Gasteiger partial charge in [-0.05, 0) is 29.8 Å². The van der Waals surface area contributed by atoms with Crippen molar-refractivity contribution in [2.75, 3.05) is 18.1 Å². The second-order valence-electron chi connectivity index (χ2n) is 9.70. The van der Waals surface area contributed by atoms with E-state index in [-0.39, 0.29) is 34.0 Å². The first kappa shape index (κ1) is 25.3. The first-order valence-electron chi connectivity index (χ1n) is 12.2. The summed E-state index contributed by atoms with van der Waals surface area (Å²) in [6.07, 6.45) is 1.72. The van der Waals surface area contributed by atoms with Crippen LogP contribution in [0.2, 0.25) is 0 Å². The summed E-state index contributed by atoms with van der Waals surface area (Å²) >= 11 is 0. The standard InChI is InChI=1S/C28H21F4N3O3S/c29-15-9-18(26(32)21(31)10-15)25-20(30)6-5-17-24(14-12-39(33,37)13-14)19(11-34-27(17)25)28(36)35-22-7-8-38-23-4-2-1-3-16(22)23/h1-6,9-11,14,22,33H,7-8,12-13H2,(H,35,36). The van der Waals surface area contributed by atoms with Gasteiger partial charge in [-0.25, -0.2) is 21.8 Å². The van der Waals surface area contributed by atoms with Gasteiger partial charge in [-0.15, -0.1) is 0 Å². The molecule has 0 saturated carbocycles. The number of amides is 1. The van der Waals surface area contributed by atoms with E-state index >= 15 is 4.39 Å². The number of nitrogens with zero attached hydrogens (tertiary/aromatic N) is 1. The molecule has 0 aliphatic carbocycles. The van der Waals surface area contributed by atoms with Crippen LogP contribution >= 0.6 is 0 Å². The maximum absolute atomic E-state index is 15.1. The molecule has 1 fully saturated rings. The molecule has 4 aromatic rings. The van der Waals surface area contributed by atoms with Crippen molar-refractivity contribution in [2.45, 2.75) is 18.4 Å². The van der Waals surface area contributed by atoms with E-state index in [4.69, 9.17) is 9.52 Å². The van der Waals surface area contributed by atoms with Gasteiger partial charge in [0.25, 0.3) is 5.91 Å². The molecule has 1 amide bonds. The molecule has 0 spiro atoms. The number of carbonyl (C=O) groups excluding carboxylic acids is 1. The van der Waals surface area contributed by atoms with Crippen molar-refractivity contribution in [3.63, 3.8) is 0 Å². The van der Waals surface area contributed by atoms with E-state index in [2.05, 4.69) is 10.3 Å². The third kappa shape index (κ3) is 4.40. The van der Waals surface area contributed by atoms with Gasteiger partial charge in [0.05, 0.1) is 23.7 Å². The molecule has 0 bridgehead atoms. The Balaban J connectivity index is 1.50. The molecule has 3 heterocycles. The van der Waals surface area contributed by atoms with Crippen LogP contribution in [0.3, 0.4) is 0 Å². The largest absolute Gasteiger partial charge is 0.493 e. The topological polar surface area (TPSA) is 92.1 Å². The van der Waals surface area contributed by atoms with Gasteiger partial charge in [-0.3, -0.25) is 14.6 Å². The zero-order valence-electron chi connectivity index (χ0n) is 20.3. The summed E-state index contributed by atoms with van der Waals surface area (Å²) in [5.41, 5.74) is 0.102. The highest BCUT2D eigenvalue weighted by molar-refractivity contribution is 7.93. The van der Waals surface area contributed by atoms with Crippen molar-refractivity contribution in [2.24, 2.45) is 0 Å². The van der Waals surface area contributed by atoms with E-state index in [9.17, 15) is 22.2 Å². The summed E-state index contributed by atoms with van der Waals surface area (Å²) in [6.45, 7) is 0.396. The second kappa shape index (κ2) is 9.33. The van der Waals surface area contributed by atoms with E-state index in [1.54, 1.807) is 6.07 Å². The van der Waals surface area contributed by atoms with E-state index in [1.807, 2.05) is 18.2 Å². The molecule has 0 radical (unpaired) electrons. The van der Waals surface area contributed by atoms with Crippen LogP contribution in [-0.4, -0.2) is 33.2 Å². The van der Waals surface area contributed by atoms with Crippen molar-refractivity contribution >= 4 is 26.5 Å². The summed E-state index contributed by atoms with van der Waals surface area (Å²) in [5.74, 6) is -5.35. The van der Waals surface area contributed by atoms with Gasteiger partial charge in [-0.1, -0.05) is 18.2 Å². The fraction of sp³-hybridized carbons (Fsp3) is 0.214. The summed E-state index contributed by atoms with van der Waals surface area (Å²) in [7, 11) is -2.85. The van der Waals surface area contributed by atoms with Crippen molar-refractivity contribution in [1.29, 1.82) is 4.78 Å². The fourth-order valence-corrected chi connectivity index (χ4v) is 6.91. The maximum Gasteiger partial charge on any atom is 0.253 e. The minimum absolute atomic E-state index is 0.0256. The van der Waals surface area contributed by atoms with Gasteiger partial charge >= 0.3 is 0 Å². The average Bonchev–Trinajstić information content (AvgIpc) is 2.89. The zero-order valence-corrected chi connectivity index (χ0v) is 21.1. The SMILES string of the molecule is N=S1(=O)CC(c2c(C(=O)NC3CCOc4ccccc43)cnc3c(-c4cc(F)cc(F)c4F)c(F)ccc23)C1. The summed E-state index contributed by atoms with van der Waals surface area (Å²) < 4.78 is 83.8. The lowest BCUT2D eigenvalue weighted by molar-refractivity contribution is 0.0923. The maximum atomic E-state index is 15.1. The molecule has 2 N–H and O–H groups in total. The Morgan fingerprint density at radius 2 is 1.82 bits per heavy atom. The number of aromatic nitrogens is 1. The molecular weight excluding hydrogens is 534 g/mol. The third-order valence-electron chi connectivity index (χ3n) is 7.15. The summed E-state index contributed by atoms with van der Waals surface area (Å²) in [4.78, 5) is 17.9. The lowest BCUT2D eigenvalue weighted by atomic mass is 9.90. The fourth-order valence-electron chi connectivity index (χ4n) is 5.37. The van der Waals surface area contributed by atoms with Gasteiger partial charge < -0.3 is 10.1 Å². The molecule has 6 nitrogen and oxygen atoms in total. The Morgan fingerprint density at radius 3 is 2.59 bits per heavy atom. The molecule has 1 unspecified atom stereocenters. The van der Waals surface area contributed by atoms with E-state index in [0.29, 0.717) is 36.5 Å². The molecule has 6 rings (SSSR count). The molecule has 2 aliphatic heterocycles. The van der Waals surface area contributed by atoms with Gasteiger partial charge in [0, 0.05) is 67.9 Å². The molecule has 2 aliphatic rings. The van der Waals surface area contributed by atoms with Crippen LogP contribution in [0.5, 0.6) is 5.75 Å².